The molecule has 3 atom stereocenters. The predicted octanol–water partition coefficient (Wildman–Crippen LogP) is 1.45. The van der Waals surface area contributed by atoms with Crippen LogP contribution in [0.25, 0.3) is 0 Å². The highest BCUT2D eigenvalue weighted by Crippen LogP contribution is 2.33. The predicted molar refractivity (Wildman–Crippen MR) is 93.0 cm³/mol. The molecule has 0 radical (unpaired) electrons. The summed E-state index contributed by atoms with van der Waals surface area (Å²) >= 11 is 0. The summed E-state index contributed by atoms with van der Waals surface area (Å²) in [5.41, 5.74) is 1.28. The van der Waals surface area contributed by atoms with E-state index in [-0.39, 0.29) is 24.7 Å². The number of hydrogen-bond donors (Lipinski definition) is 0. The number of pyridine rings is 1. The second kappa shape index (κ2) is 7.81. The Labute approximate surface area is 149 Å². The van der Waals surface area contributed by atoms with Crippen LogP contribution in [0.5, 0.6) is 0 Å². The van der Waals surface area contributed by atoms with Crippen LogP contribution in [0.3, 0.4) is 0 Å². The maximum Gasteiger partial charge on any atom is 0.248 e. The Kier molecular flexibility index (Phi) is 5.29. The minimum absolute atomic E-state index is 0.0387. The van der Waals surface area contributed by atoms with Crippen molar-refractivity contribution in [3.8, 4) is 0 Å². The van der Waals surface area contributed by atoms with Crippen molar-refractivity contribution in [2.45, 2.75) is 50.5 Å². The van der Waals surface area contributed by atoms with E-state index in [0.717, 1.165) is 58.5 Å². The van der Waals surface area contributed by atoms with Crippen LogP contribution in [0.1, 0.15) is 31.2 Å². The number of amides is 1. The summed E-state index contributed by atoms with van der Waals surface area (Å²) in [6, 6.07) is 4.53. The summed E-state index contributed by atoms with van der Waals surface area (Å²) in [6.07, 6.45) is 8.09. The molecule has 25 heavy (non-hydrogen) atoms. The van der Waals surface area contributed by atoms with Gasteiger partial charge in [0.15, 0.2) is 0 Å². The van der Waals surface area contributed by atoms with E-state index in [1.807, 2.05) is 17.3 Å². The fraction of sp³-hybridized carbons (Fsp3) is 0.684. The standard InChI is InChI=1S/C19H27N3O3/c23-18(21-9-1-2-10-21)14-25-17-4-3-16-19(17)24-12-11-22(16)13-15-5-7-20-8-6-15/h5-8,16-17,19H,1-4,9-14H2/t16-,17+,19+/m0/s1. The average Bonchev–Trinajstić information content (AvgIpc) is 3.31. The topological polar surface area (TPSA) is 54.9 Å². The minimum Gasteiger partial charge on any atom is -0.373 e. The molecule has 0 aromatic carbocycles. The van der Waals surface area contributed by atoms with Gasteiger partial charge in [-0.15, -0.1) is 0 Å². The number of morpholine rings is 1. The van der Waals surface area contributed by atoms with Crippen LogP contribution in [-0.4, -0.2) is 71.8 Å². The van der Waals surface area contributed by atoms with Crippen LogP contribution in [-0.2, 0) is 20.8 Å². The second-order valence-electron chi connectivity index (χ2n) is 7.24. The fourth-order valence-corrected chi connectivity index (χ4v) is 4.33. The Hall–Kier alpha value is -1.50. The lowest BCUT2D eigenvalue weighted by Gasteiger charge is -2.39. The highest BCUT2D eigenvalue weighted by atomic mass is 16.5. The Morgan fingerprint density at radius 1 is 1.20 bits per heavy atom. The smallest absolute Gasteiger partial charge is 0.248 e. The van der Waals surface area contributed by atoms with Gasteiger partial charge in [0.1, 0.15) is 6.61 Å². The Balaban J connectivity index is 1.32. The molecule has 0 bridgehead atoms. The number of fused-ring (bicyclic) bond motifs is 1. The van der Waals surface area contributed by atoms with Crippen molar-refractivity contribution in [1.29, 1.82) is 0 Å². The number of aromatic nitrogens is 1. The molecule has 1 saturated carbocycles. The number of carbonyl (C=O) groups excluding carboxylic acids is 1. The number of rotatable bonds is 5. The number of hydrogen-bond acceptors (Lipinski definition) is 5. The minimum atomic E-state index is 0.0387. The van der Waals surface area contributed by atoms with Gasteiger partial charge in [0, 0.05) is 44.6 Å². The van der Waals surface area contributed by atoms with Gasteiger partial charge in [-0.05, 0) is 43.4 Å². The molecule has 1 aromatic rings. The summed E-state index contributed by atoms with van der Waals surface area (Å²) in [4.78, 5) is 20.7. The van der Waals surface area contributed by atoms with Crippen molar-refractivity contribution in [2.24, 2.45) is 0 Å². The quantitative estimate of drug-likeness (QED) is 0.809. The Bertz CT molecular complexity index is 577. The molecule has 6 nitrogen and oxygen atoms in total. The summed E-state index contributed by atoms with van der Waals surface area (Å²) in [7, 11) is 0. The third-order valence-corrected chi connectivity index (χ3v) is 5.67. The third-order valence-electron chi connectivity index (χ3n) is 5.67. The first-order valence-electron chi connectivity index (χ1n) is 9.45. The SMILES string of the molecule is O=C(CO[C@@H]1CC[C@H]2[C@H]1OCCN2Cc1ccncc1)N1CCCC1. The summed E-state index contributed by atoms with van der Waals surface area (Å²) in [6.45, 7) is 4.56. The van der Waals surface area contributed by atoms with Crippen molar-refractivity contribution >= 4 is 5.91 Å². The maximum atomic E-state index is 12.2. The van der Waals surface area contributed by atoms with Gasteiger partial charge >= 0.3 is 0 Å². The molecule has 1 aromatic heterocycles. The molecular formula is C19H27N3O3. The van der Waals surface area contributed by atoms with E-state index < -0.39 is 0 Å². The number of likely N-dealkylation sites (tertiary alicyclic amines) is 1. The molecule has 136 valence electrons. The van der Waals surface area contributed by atoms with Gasteiger partial charge in [0.2, 0.25) is 5.91 Å². The first kappa shape index (κ1) is 16.9. The molecule has 3 heterocycles. The Morgan fingerprint density at radius 3 is 2.80 bits per heavy atom. The van der Waals surface area contributed by atoms with E-state index in [1.54, 1.807) is 0 Å². The largest absolute Gasteiger partial charge is 0.373 e. The molecule has 3 fully saturated rings. The first-order valence-corrected chi connectivity index (χ1v) is 9.45. The monoisotopic (exact) mass is 345 g/mol. The molecule has 4 rings (SSSR count). The molecule has 0 spiro atoms. The summed E-state index contributed by atoms with van der Waals surface area (Å²) < 4.78 is 12.0. The van der Waals surface area contributed by atoms with E-state index in [9.17, 15) is 4.79 Å². The van der Waals surface area contributed by atoms with E-state index >= 15 is 0 Å². The zero-order chi connectivity index (χ0) is 17.1. The fourth-order valence-electron chi connectivity index (χ4n) is 4.33. The van der Waals surface area contributed by atoms with Gasteiger partial charge in [-0.1, -0.05) is 0 Å². The third kappa shape index (κ3) is 3.86. The highest BCUT2D eigenvalue weighted by Gasteiger charge is 2.43. The van der Waals surface area contributed by atoms with E-state index in [1.165, 1.54) is 5.56 Å². The lowest BCUT2D eigenvalue weighted by atomic mass is 10.1. The summed E-state index contributed by atoms with van der Waals surface area (Å²) in [5, 5.41) is 0. The van der Waals surface area contributed by atoms with Crippen molar-refractivity contribution in [3.05, 3.63) is 30.1 Å². The zero-order valence-electron chi connectivity index (χ0n) is 14.7. The number of nitrogens with zero attached hydrogens (tertiary/aromatic N) is 3. The van der Waals surface area contributed by atoms with Gasteiger partial charge in [-0.3, -0.25) is 14.7 Å². The molecule has 1 amide bonds. The van der Waals surface area contributed by atoms with Crippen LogP contribution in [0.15, 0.2) is 24.5 Å². The van der Waals surface area contributed by atoms with Crippen molar-refractivity contribution in [3.63, 3.8) is 0 Å². The molecule has 2 saturated heterocycles. The maximum absolute atomic E-state index is 12.2. The van der Waals surface area contributed by atoms with Gasteiger partial charge in [0.05, 0.1) is 18.8 Å². The van der Waals surface area contributed by atoms with Crippen LogP contribution in [0, 0.1) is 0 Å². The van der Waals surface area contributed by atoms with Crippen molar-refractivity contribution in [1.82, 2.24) is 14.8 Å². The summed E-state index contributed by atoms with van der Waals surface area (Å²) in [5.74, 6) is 0.130. The molecule has 3 aliphatic rings. The van der Waals surface area contributed by atoms with Crippen LogP contribution < -0.4 is 0 Å². The van der Waals surface area contributed by atoms with Crippen LogP contribution in [0.2, 0.25) is 0 Å². The van der Waals surface area contributed by atoms with Gasteiger partial charge in [-0.2, -0.15) is 0 Å². The highest BCUT2D eigenvalue weighted by molar-refractivity contribution is 5.77. The first-order chi connectivity index (χ1) is 12.3. The van der Waals surface area contributed by atoms with Gasteiger partial charge in [-0.25, -0.2) is 0 Å². The van der Waals surface area contributed by atoms with Gasteiger partial charge < -0.3 is 14.4 Å². The van der Waals surface area contributed by atoms with E-state index in [2.05, 4.69) is 22.0 Å². The normalized spacial score (nSPS) is 29.8. The van der Waals surface area contributed by atoms with Crippen LogP contribution >= 0.6 is 0 Å². The molecule has 6 heteroatoms. The molecule has 2 aliphatic heterocycles. The van der Waals surface area contributed by atoms with Crippen LogP contribution in [0.4, 0.5) is 0 Å². The van der Waals surface area contributed by atoms with E-state index in [0.29, 0.717) is 6.04 Å². The number of carbonyl (C=O) groups is 1. The molecular weight excluding hydrogens is 318 g/mol. The zero-order valence-corrected chi connectivity index (χ0v) is 14.7. The molecule has 0 N–H and O–H groups in total. The molecule has 1 aliphatic carbocycles. The lowest BCUT2D eigenvalue weighted by Crippen LogP contribution is -2.51. The van der Waals surface area contributed by atoms with Crippen molar-refractivity contribution in [2.75, 3.05) is 32.8 Å². The Morgan fingerprint density at radius 2 is 2.00 bits per heavy atom. The lowest BCUT2D eigenvalue weighted by molar-refractivity contribution is -0.145. The second-order valence-corrected chi connectivity index (χ2v) is 7.24. The van der Waals surface area contributed by atoms with Gasteiger partial charge in [0.25, 0.3) is 0 Å². The average molecular weight is 345 g/mol. The van der Waals surface area contributed by atoms with Crippen molar-refractivity contribution < 1.29 is 14.3 Å². The molecule has 0 unspecified atom stereocenters. The number of ether oxygens (including phenoxy) is 2. The van der Waals surface area contributed by atoms with E-state index in [4.69, 9.17) is 9.47 Å².